The Morgan fingerprint density at radius 3 is 2.38 bits per heavy atom. The summed E-state index contributed by atoms with van der Waals surface area (Å²) in [6.07, 6.45) is 9.18. The van der Waals surface area contributed by atoms with Crippen LogP contribution in [0.1, 0.15) is 61.9 Å². The van der Waals surface area contributed by atoms with Crippen LogP contribution in [0, 0.1) is 11.8 Å². The lowest BCUT2D eigenvalue weighted by atomic mass is 9.50. The number of hydrogen-bond acceptors (Lipinski definition) is 6. The first-order valence-corrected chi connectivity index (χ1v) is 12.5. The fourth-order valence-electron chi connectivity index (χ4n) is 7.28. The van der Waals surface area contributed by atoms with Crippen LogP contribution in [-0.2, 0) is 0 Å². The van der Waals surface area contributed by atoms with Crippen molar-refractivity contribution in [2.45, 2.75) is 62.4 Å². The number of nitrogens with one attached hydrogen (secondary N) is 2. The molecule has 2 aromatic rings. The summed E-state index contributed by atoms with van der Waals surface area (Å²) in [6.45, 7) is 1.97. The first kappa shape index (κ1) is 21.4. The molecule has 178 valence electrons. The fraction of sp³-hybridized carbons (Fsp3) is 0.538. The van der Waals surface area contributed by atoms with Gasteiger partial charge in [0.05, 0.1) is 0 Å². The molecule has 34 heavy (non-hydrogen) atoms. The first-order valence-electron chi connectivity index (χ1n) is 12.5. The Morgan fingerprint density at radius 2 is 1.68 bits per heavy atom. The Hall–Kier alpha value is -3.16. The van der Waals surface area contributed by atoms with Crippen molar-refractivity contribution >= 4 is 17.8 Å². The average molecular weight is 462 g/mol. The van der Waals surface area contributed by atoms with Gasteiger partial charge in [-0.15, -0.1) is 0 Å². The van der Waals surface area contributed by atoms with Crippen LogP contribution in [0.25, 0.3) is 0 Å². The zero-order valence-electron chi connectivity index (χ0n) is 19.3. The highest BCUT2D eigenvalue weighted by atomic mass is 16.6. The van der Waals surface area contributed by atoms with E-state index in [1.54, 1.807) is 18.3 Å². The van der Waals surface area contributed by atoms with E-state index in [9.17, 15) is 9.59 Å². The monoisotopic (exact) mass is 461 g/mol. The van der Waals surface area contributed by atoms with E-state index >= 15 is 0 Å². The average Bonchev–Trinajstić information content (AvgIpc) is 3.33. The van der Waals surface area contributed by atoms with Crippen LogP contribution in [0.3, 0.4) is 0 Å². The minimum atomic E-state index is -0.459. The number of carbonyl (C=O) groups excluding carboxylic acids is 2. The summed E-state index contributed by atoms with van der Waals surface area (Å²) >= 11 is 0. The number of nitrogens with zero attached hydrogens (tertiary/aromatic N) is 3. The molecule has 4 bridgehead atoms. The van der Waals surface area contributed by atoms with E-state index in [-0.39, 0.29) is 17.0 Å². The zero-order chi connectivity index (χ0) is 23.2. The second kappa shape index (κ2) is 8.25. The highest BCUT2D eigenvalue weighted by Crippen LogP contribution is 2.57. The summed E-state index contributed by atoms with van der Waals surface area (Å²) < 4.78 is 5.65. The molecule has 2 N–H and O–H groups in total. The Labute approximate surface area is 199 Å². The highest BCUT2D eigenvalue weighted by molar-refractivity contribution is 5.92. The molecular formula is C26H31N5O3. The Balaban J connectivity index is 1.16. The van der Waals surface area contributed by atoms with Crippen LogP contribution in [0.5, 0.6) is 5.88 Å². The summed E-state index contributed by atoms with van der Waals surface area (Å²) in [5, 5.41) is 6.53. The van der Waals surface area contributed by atoms with Gasteiger partial charge in [0, 0.05) is 36.4 Å². The van der Waals surface area contributed by atoms with Crippen molar-refractivity contribution in [2.75, 3.05) is 18.0 Å². The number of ether oxygens (including phenoxy) is 1. The Kier molecular flexibility index (Phi) is 5.19. The number of hydrogen-bond donors (Lipinski definition) is 2. The van der Waals surface area contributed by atoms with Gasteiger partial charge in [0.15, 0.2) is 0 Å². The number of rotatable bonds is 5. The number of anilines is 1. The standard InChI is InChI=1S/C26H31N5O3/c32-23(20-6-1-2-9-27-20)29-25-13-18-12-19(14-25)16-26(15-18,17-25)30-24(33)34-22-8-5-7-21(28-22)31-10-3-4-11-31/h1-2,5-9,18-19H,3-4,10-17H2,(H,29,32)(H,30,33). The minimum absolute atomic E-state index is 0.136. The highest BCUT2D eigenvalue weighted by Gasteiger charge is 2.59. The van der Waals surface area contributed by atoms with Crippen molar-refractivity contribution in [1.82, 2.24) is 20.6 Å². The summed E-state index contributed by atoms with van der Waals surface area (Å²) in [5.41, 5.74) is -0.228. The molecule has 5 aliphatic rings. The van der Waals surface area contributed by atoms with Gasteiger partial charge in [-0.1, -0.05) is 12.1 Å². The van der Waals surface area contributed by atoms with E-state index in [4.69, 9.17) is 4.74 Å². The molecule has 3 heterocycles. The van der Waals surface area contributed by atoms with Crippen LogP contribution in [0.4, 0.5) is 10.6 Å². The third kappa shape index (κ3) is 4.10. The van der Waals surface area contributed by atoms with E-state index in [2.05, 4.69) is 25.5 Å². The molecule has 1 saturated heterocycles. The third-order valence-corrected chi connectivity index (χ3v) is 8.04. The molecule has 0 aromatic carbocycles. The molecule has 1 aliphatic heterocycles. The van der Waals surface area contributed by atoms with Crippen molar-refractivity contribution in [3.05, 3.63) is 48.3 Å². The van der Waals surface area contributed by atoms with E-state index in [1.165, 1.54) is 6.42 Å². The normalized spacial score (nSPS) is 31.4. The van der Waals surface area contributed by atoms with Crippen molar-refractivity contribution in [1.29, 1.82) is 0 Å². The van der Waals surface area contributed by atoms with Crippen LogP contribution in [-0.4, -0.2) is 46.1 Å². The molecule has 0 spiro atoms. The predicted molar refractivity (Wildman–Crippen MR) is 127 cm³/mol. The molecule has 2 amide bonds. The largest absolute Gasteiger partial charge is 0.414 e. The number of carbonyl (C=O) groups is 2. The van der Waals surface area contributed by atoms with Gasteiger partial charge in [-0.05, 0) is 81.4 Å². The van der Waals surface area contributed by atoms with Gasteiger partial charge >= 0.3 is 6.09 Å². The topological polar surface area (TPSA) is 96.5 Å². The summed E-state index contributed by atoms with van der Waals surface area (Å²) in [7, 11) is 0. The molecule has 8 heteroatoms. The summed E-state index contributed by atoms with van der Waals surface area (Å²) in [6, 6.07) is 11.0. The quantitative estimate of drug-likeness (QED) is 0.705. The second-order valence-corrected chi connectivity index (χ2v) is 10.7. The molecule has 7 rings (SSSR count). The first-order chi connectivity index (χ1) is 16.5. The van der Waals surface area contributed by atoms with Gasteiger partial charge in [-0.25, -0.2) is 4.79 Å². The van der Waals surface area contributed by atoms with Gasteiger partial charge in [0.1, 0.15) is 11.5 Å². The molecule has 2 aromatic heterocycles. The van der Waals surface area contributed by atoms with E-state index in [1.807, 2.05) is 24.3 Å². The Bertz CT molecular complexity index is 1070. The third-order valence-electron chi connectivity index (χ3n) is 8.04. The maximum atomic E-state index is 13.0. The Morgan fingerprint density at radius 1 is 0.941 bits per heavy atom. The molecule has 4 aliphatic carbocycles. The van der Waals surface area contributed by atoms with Crippen LogP contribution in [0.15, 0.2) is 42.6 Å². The smallest absolute Gasteiger partial charge is 0.391 e. The lowest BCUT2D eigenvalue weighted by molar-refractivity contribution is -0.0450. The van der Waals surface area contributed by atoms with Crippen LogP contribution >= 0.6 is 0 Å². The summed E-state index contributed by atoms with van der Waals surface area (Å²) in [5.74, 6) is 2.02. The predicted octanol–water partition coefficient (Wildman–Crippen LogP) is 3.69. The maximum absolute atomic E-state index is 13.0. The molecule has 8 nitrogen and oxygen atoms in total. The summed E-state index contributed by atoms with van der Waals surface area (Å²) in [4.78, 5) is 36.9. The molecule has 2 atom stereocenters. The SMILES string of the molecule is O=C(NC12CC3CC(C1)CC(NC(=O)c1ccccn1)(C3)C2)Oc1cccc(N2CCCC2)n1. The van der Waals surface area contributed by atoms with Gasteiger partial charge < -0.3 is 20.3 Å². The van der Waals surface area contributed by atoms with Crippen molar-refractivity contribution in [3.63, 3.8) is 0 Å². The van der Waals surface area contributed by atoms with Crippen molar-refractivity contribution in [3.8, 4) is 5.88 Å². The zero-order valence-corrected chi connectivity index (χ0v) is 19.3. The van der Waals surface area contributed by atoms with Gasteiger partial charge in [-0.2, -0.15) is 4.98 Å². The van der Waals surface area contributed by atoms with E-state index in [0.29, 0.717) is 23.4 Å². The molecular weight excluding hydrogens is 430 g/mol. The van der Waals surface area contributed by atoms with E-state index in [0.717, 1.165) is 63.9 Å². The lowest BCUT2D eigenvalue weighted by Crippen LogP contribution is -2.70. The number of pyridine rings is 2. The maximum Gasteiger partial charge on any atom is 0.414 e. The lowest BCUT2D eigenvalue weighted by Gasteiger charge is -2.61. The number of amides is 2. The molecule has 0 radical (unpaired) electrons. The van der Waals surface area contributed by atoms with Gasteiger partial charge in [0.2, 0.25) is 5.88 Å². The van der Waals surface area contributed by atoms with Gasteiger partial charge in [0.25, 0.3) is 5.91 Å². The van der Waals surface area contributed by atoms with Crippen molar-refractivity contribution < 1.29 is 14.3 Å². The van der Waals surface area contributed by atoms with Crippen molar-refractivity contribution in [2.24, 2.45) is 11.8 Å². The minimum Gasteiger partial charge on any atom is -0.391 e. The molecule has 2 unspecified atom stereocenters. The second-order valence-electron chi connectivity index (χ2n) is 10.7. The number of aromatic nitrogens is 2. The molecule has 4 saturated carbocycles. The molecule has 5 fully saturated rings. The van der Waals surface area contributed by atoms with Crippen LogP contribution < -0.4 is 20.3 Å². The van der Waals surface area contributed by atoms with E-state index < -0.39 is 6.09 Å². The van der Waals surface area contributed by atoms with Crippen LogP contribution in [0.2, 0.25) is 0 Å². The van der Waals surface area contributed by atoms with Gasteiger partial charge in [-0.3, -0.25) is 9.78 Å². The fourth-order valence-corrected chi connectivity index (χ4v) is 7.28.